The van der Waals surface area contributed by atoms with Crippen LogP contribution < -0.4 is 0 Å². The van der Waals surface area contributed by atoms with Crippen molar-refractivity contribution in [1.29, 1.82) is 0 Å². The number of hydrogen-bond donors (Lipinski definition) is 4. The lowest BCUT2D eigenvalue weighted by atomic mass is 10.00. The topological polar surface area (TPSA) is 77.8 Å². The fraction of sp³-hybridized carbons (Fsp3) is 0.889. The Balaban J connectivity index is 4.16. The SMILES string of the molecule is CC(C)CC(S)[C@H](O)C(=O)[C@H](O)CO. The van der Waals surface area contributed by atoms with E-state index in [0.29, 0.717) is 12.3 Å². The lowest BCUT2D eigenvalue weighted by Gasteiger charge is -2.20. The second kappa shape index (κ2) is 6.40. The molecule has 0 aliphatic carbocycles. The zero-order valence-corrected chi connectivity index (χ0v) is 9.32. The van der Waals surface area contributed by atoms with Gasteiger partial charge < -0.3 is 15.3 Å². The molecule has 4 nitrogen and oxygen atoms in total. The highest BCUT2D eigenvalue weighted by atomic mass is 32.1. The molecule has 0 aromatic heterocycles. The average Bonchev–Trinajstić information content (AvgIpc) is 2.13. The lowest BCUT2D eigenvalue weighted by Crippen LogP contribution is -2.40. The summed E-state index contributed by atoms with van der Waals surface area (Å²) in [7, 11) is 0. The van der Waals surface area contributed by atoms with Crippen molar-refractivity contribution in [1.82, 2.24) is 0 Å². The van der Waals surface area contributed by atoms with Gasteiger partial charge in [0.05, 0.1) is 6.61 Å². The summed E-state index contributed by atoms with van der Waals surface area (Å²) < 4.78 is 0. The molecule has 14 heavy (non-hydrogen) atoms. The van der Waals surface area contributed by atoms with Crippen LogP contribution in [0.2, 0.25) is 0 Å². The molecule has 0 aromatic rings. The van der Waals surface area contributed by atoms with Crippen LogP contribution >= 0.6 is 12.6 Å². The number of carbonyl (C=O) groups excluding carboxylic acids is 1. The first-order valence-electron chi connectivity index (χ1n) is 4.59. The van der Waals surface area contributed by atoms with Crippen LogP contribution in [0.15, 0.2) is 0 Å². The van der Waals surface area contributed by atoms with Crippen LogP contribution in [0.5, 0.6) is 0 Å². The molecule has 0 rings (SSSR count). The second-order valence-corrected chi connectivity index (χ2v) is 4.41. The highest BCUT2D eigenvalue weighted by molar-refractivity contribution is 7.81. The van der Waals surface area contributed by atoms with E-state index in [1.165, 1.54) is 0 Å². The molecule has 84 valence electrons. The van der Waals surface area contributed by atoms with E-state index >= 15 is 0 Å². The zero-order valence-electron chi connectivity index (χ0n) is 8.42. The Morgan fingerprint density at radius 1 is 1.36 bits per heavy atom. The molecule has 0 bridgehead atoms. The van der Waals surface area contributed by atoms with Crippen molar-refractivity contribution in [2.45, 2.75) is 37.7 Å². The maximum absolute atomic E-state index is 11.2. The van der Waals surface area contributed by atoms with Crippen LogP contribution in [0.4, 0.5) is 0 Å². The summed E-state index contributed by atoms with van der Waals surface area (Å²) in [6.45, 7) is 3.23. The number of hydrogen-bond acceptors (Lipinski definition) is 5. The van der Waals surface area contributed by atoms with Crippen molar-refractivity contribution >= 4 is 18.4 Å². The first-order valence-corrected chi connectivity index (χ1v) is 5.10. The molecule has 0 aliphatic heterocycles. The summed E-state index contributed by atoms with van der Waals surface area (Å²) in [6, 6.07) is 0. The van der Waals surface area contributed by atoms with Gasteiger partial charge in [0, 0.05) is 5.25 Å². The summed E-state index contributed by atoms with van der Waals surface area (Å²) in [5.41, 5.74) is 0. The minimum atomic E-state index is -1.51. The van der Waals surface area contributed by atoms with Crippen LogP contribution in [0.1, 0.15) is 20.3 Å². The van der Waals surface area contributed by atoms with Gasteiger partial charge in [-0.3, -0.25) is 4.79 Å². The smallest absolute Gasteiger partial charge is 0.193 e. The standard InChI is InChI=1S/C9H18O4S/c1-5(2)3-7(14)9(13)8(12)6(11)4-10/h5-7,9-11,13-14H,3-4H2,1-2H3/t6-,7?,9+/m1/s1. The first kappa shape index (κ1) is 13.9. The quantitative estimate of drug-likeness (QED) is 0.462. The van der Waals surface area contributed by atoms with E-state index < -0.39 is 29.8 Å². The number of aliphatic hydroxyl groups excluding tert-OH is 3. The van der Waals surface area contributed by atoms with Gasteiger partial charge >= 0.3 is 0 Å². The van der Waals surface area contributed by atoms with E-state index in [1.807, 2.05) is 13.8 Å². The minimum absolute atomic E-state index is 0.311. The van der Waals surface area contributed by atoms with E-state index in [9.17, 15) is 9.90 Å². The molecule has 3 N–H and O–H groups in total. The number of carbonyl (C=O) groups is 1. The van der Waals surface area contributed by atoms with Crippen molar-refractivity contribution in [3.05, 3.63) is 0 Å². The third-order valence-corrected chi connectivity index (χ3v) is 2.36. The molecule has 0 saturated carbocycles. The van der Waals surface area contributed by atoms with Gasteiger partial charge in [-0.2, -0.15) is 12.6 Å². The van der Waals surface area contributed by atoms with E-state index in [-0.39, 0.29) is 0 Å². The zero-order chi connectivity index (χ0) is 11.3. The lowest BCUT2D eigenvalue weighted by molar-refractivity contribution is -0.137. The van der Waals surface area contributed by atoms with E-state index in [4.69, 9.17) is 10.2 Å². The first-order chi connectivity index (χ1) is 6.40. The minimum Gasteiger partial charge on any atom is -0.393 e. The fourth-order valence-electron chi connectivity index (χ4n) is 1.09. The van der Waals surface area contributed by atoms with E-state index in [0.717, 1.165) is 0 Å². The highest BCUT2D eigenvalue weighted by Gasteiger charge is 2.28. The molecule has 0 aliphatic rings. The Hall–Kier alpha value is -0.100. The van der Waals surface area contributed by atoms with Crippen molar-refractivity contribution in [2.75, 3.05) is 6.61 Å². The molecule has 0 heterocycles. The molecule has 0 amide bonds. The van der Waals surface area contributed by atoms with Crippen molar-refractivity contribution in [3.8, 4) is 0 Å². The summed E-state index contributed by atoms with van der Waals surface area (Å²) >= 11 is 4.07. The second-order valence-electron chi connectivity index (χ2n) is 3.74. The Bertz CT molecular complexity index is 184. The Kier molecular flexibility index (Phi) is 6.35. The predicted molar refractivity (Wildman–Crippen MR) is 56.3 cm³/mol. The summed E-state index contributed by atoms with van der Waals surface area (Å²) in [5, 5.41) is 26.4. The maximum Gasteiger partial charge on any atom is 0.193 e. The molecular formula is C9H18O4S. The van der Waals surface area contributed by atoms with Crippen molar-refractivity contribution in [3.63, 3.8) is 0 Å². The third kappa shape index (κ3) is 4.41. The molecular weight excluding hydrogens is 204 g/mol. The Labute approximate surface area is 89.4 Å². The van der Waals surface area contributed by atoms with E-state index in [2.05, 4.69) is 12.6 Å². The molecule has 0 saturated heterocycles. The highest BCUT2D eigenvalue weighted by Crippen LogP contribution is 2.15. The number of aliphatic hydroxyl groups is 3. The van der Waals surface area contributed by atoms with E-state index in [1.54, 1.807) is 0 Å². The number of rotatable bonds is 6. The third-order valence-electron chi connectivity index (χ3n) is 1.87. The van der Waals surface area contributed by atoms with Gasteiger partial charge in [0.1, 0.15) is 12.2 Å². The number of Topliss-reactive ketones (excluding diaryl/α,β-unsaturated/α-hetero) is 1. The maximum atomic E-state index is 11.2. The fourth-order valence-corrected chi connectivity index (χ4v) is 1.66. The molecule has 0 spiro atoms. The Morgan fingerprint density at radius 2 is 1.86 bits per heavy atom. The molecule has 5 heteroatoms. The normalized spacial score (nSPS) is 17.9. The van der Waals surface area contributed by atoms with Gasteiger partial charge in [0.2, 0.25) is 0 Å². The summed E-state index contributed by atoms with van der Waals surface area (Å²) in [4.78, 5) is 11.2. The predicted octanol–water partition coefficient (Wildman–Crippen LogP) is -0.386. The Morgan fingerprint density at radius 3 is 2.21 bits per heavy atom. The van der Waals surface area contributed by atoms with Gasteiger partial charge in [-0.25, -0.2) is 0 Å². The van der Waals surface area contributed by atoms with Gasteiger partial charge in [0.15, 0.2) is 5.78 Å². The number of ketones is 1. The van der Waals surface area contributed by atoms with Gasteiger partial charge in [-0.1, -0.05) is 13.8 Å². The number of thiol groups is 1. The average molecular weight is 222 g/mol. The largest absolute Gasteiger partial charge is 0.393 e. The van der Waals surface area contributed by atoms with Crippen molar-refractivity contribution in [2.24, 2.45) is 5.92 Å². The molecule has 0 aromatic carbocycles. The molecule has 1 unspecified atom stereocenters. The molecule has 0 fully saturated rings. The van der Waals surface area contributed by atoms with Crippen LogP contribution in [0, 0.1) is 5.92 Å². The van der Waals surface area contributed by atoms with Crippen LogP contribution in [0.3, 0.4) is 0 Å². The van der Waals surface area contributed by atoms with Crippen LogP contribution in [0.25, 0.3) is 0 Å². The summed E-state index contributed by atoms with van der Waals surface area (Å²) in [6.07, 6.45) is -2.25. The molecule has 3 atom stereocenters. The molecule has 0 radical (unpaired) electrons. The van der Waals surface area contributed by atoms with Gasteiger partial charge in [-0.15, -0.1) is 0 Å². The summed E-state index contributed by atoms with van der Waals surface area (Å²) in [5.74, 6) is -0.459. The van der Waals surface area contributed by atoms with Gasteiger partial charge in [0.25, 0.3) is 0 Å². The van der Waals surface area contributed by atoms with Crippen LogP contribution in [-0.4, -0.2) is 45.2 Å². The van der Waals surface area contributed by atoms with Gasteiger partial charge in [-0.05, 0) is 12.3 Å². The van der Waals surface area contributed by atoms with Crippen LogP contribution in [-0.2, 0) is 4.79 Å². The monoisotopic (exact) mass is 222 g/mol. The van der Waals surface area contributed by atoms with Crippen molar-refractivity contribution < 1.29 is 20.1 Å².